The van der Waals surface area contributed by atoms with Crippen LogP contribution in [-0.4, -0.2) is 48.5 Å². The number of amides is 1. The number of nitrogens with one attached hydrogen (secondary N) is 1. The Hall–Kier alpha value is -3.33. The van der Waals surface area contributed by atoms with E-state index in [9.17, 15) is 9.18 Å². The van der Waals surface area contributed by atoms with E-state index in [4.69, 9.17) is 15.3 Å². The van der Waals surface area contributed by atoms with Gasteiger partial charge in [0.1, 0.15) is 23.6 Å². The van der Waals surface area contributed by atoms with Crippen molar-refractivity contribution in [1.82, 2.24) is 4.90 Å². The summed E-state index contributed by atoms with van der Waals surface area (Å²) in [5.74, 6) is -0.462. The standard InChI is InChI=1S/C18H21FN6O2/c1-18(2,3)27-17(26)25-9-7-24(8-10-25)16-14(19)5-4-6-15(16)23-22-13(11-20)12-21/h4-6,23H,7-10H2,1-3H3. The summed E-state index contributed by atoms with van der Waals surface area (Å²) in [5.41, 5.74) is 2.25. The number of carbonyl (C=O) groups is 1. The molecular formula is C18H21FN6O2. The monoisotopic (exact) mass is 372 g/mol. The van der Waals surface area contributed by atoms with E-state index in [1.807, 2.05) is 0 Å². The molecule has 0 spiro atoms. The summed E-state index contributed by atoms with van der Waals surface area (Å²) in [6.07, 6.45) is -0.397. The summed E-state index contributed by atoms with van der Waals surface area (Å²) >= 11 is 0. The predicted molar refractivity (Wildman–Crippen MR) is 98.7 cm³/mol. The van der Waals surface area contributed by atoms with Gasteiger partial charge in [-0.2, -0.15) is 15.6 Å². The third kappa shape index (κ3) is 5.32. The first-order valence-electron chi connectivity index (χ1n) is 8.40. The lowest BCUT2D eigenvalue weighted by molar-refractivity contribution is 0.0240. The zero-order valence-electron chi connectivity index (χ0n) is 15.5. The zero-order valence-corrected chi connectivity index (χ0v) is 15.5. The highest BCUT2D eigenvalue weighted by Crippen LogP contribution is 2.30. The molecule has 0 aliphatic carbocycles. The van der Waals surface area contributed by atoms with Crippen molar-refractivity contribution in [1.29, 1.82) is 10.5 Å². The molecule has 2 rings (SSSR count). The maximum Gasteiger partial charge on any atom is 0.410 e. The molecule has 1 saturated heterocycles. The first-order chi connectivity index (χ1) is 12.7. The van der Waals surface area contributed by atoms with Gasteiger partial charge in [-0.15, -0.1) is 0 Å². The lowest BCUT2D eigenvalue weighted by Gasteiger charge is -2.37. The smallest absolute Gasteiger partial charge is 0.410 e. The third-order valence-corrected chi connectivity index (χ3v) is 3.73. The summed E-state index contributed by atoms with van der Waals surface area (Å²) in [5, 5.41) is 21.2. The highest BCUT2D eigenvalue weighted by molar-refractivity contribution is 6.10. The van der Waals surface area contributed by atoms with Crippen molar-refractivity contribution < 1.29 is 13.9 Å². The molecule has 142 valence electrons. The van der Waals surface area contributed by atoms with Gasteiger partial charge < -0.3 is 14.5 Å². The van der Waals surface area contributed by atoms with E-state index >= 15 is 0 Å². The molecule has 1 N–H and O–H groups in total. The van der Waals surface area contributed by atoms with Gasteiger partial charge in [0, 0.05) is 26.2 Å². The minimum Gasteiger partial charge on any atom is -0.444 e. The van der Waals surface area contributed by atoms with Crippen molar-refractivity contribution in [3.8, 4) is 12.1 Å². The Bertz CT molecular complexity index is 795. The van der Waals surface area contributed by atoms with Crippen LogP contribution in [0.2, 0.25) is 0 Å². The number of anilines is 2. The number of piperazine rings is 1. The molecular weight excluding hydrogens is 351 g/mol. The fourth-order valence-electron chi connectivity index (χ4n) is 2.56. The van der Waals surface area contributed by atoms with Crippen molar-refractivity contribution >= 4 is 23.2 Å². The minimum atomic E-state index is -0.575. The molecule has 0 saturated carbocycles. The van der Waals surface area contributed by atoms with Crippen LogP contribution in [0.25, 0.3) is 0 Å². The number of nitrogens with zero attached hydrogens (tertiary/aromatic N) is 5. The molecule has 27 heavy (non-hydrogen) atoms. The molecule has 0 atom stereocenters. The van der Waals surface area contributed by atoms with Crippen LogP contribution < -0.4 is 10.3 Å². The van der Waals surface area contributed by atoms with Crippen LogP contribution >= 0.6 is 0 Å². The van der Waals surface area contributed by atoms with Gasteiger partial charge in [0.15, 0.2) is 0 Å². The number of rotatable bonds is 3. The quantitative estimate of drug-likeness (QED) is 0.646. The van der Waals surface area contributed by atoms with Crippen LogP contribution in [0.3, 0.4) is 0 Å². The van der Waals surface area contributed by atoms with Crippen LogP contribution in [0.15, 0.2) is 23.3 Å². The average molecular weight is 372 g/mol. The van der Waals surface area contributed by atoms with Crippen molar-refractivity contribution in [3.63, 3.8) is 0 Å². The highest BCUT2D eigenvalue weighted by atomic mass is 19.1. The van der Waals surface area contributed by atoms with Gasteiger partial charge in [0.25, 0.3) is 0 Å². The fourth-order valence-corrected chi connectivity index (χ4v) is 2.56. The topological polar surface area (TPSA) is 105 Å². The molecule has 9 heteroatoms. The summed E-state index contributed by atoms with van der Waals surface area (Å²) in [6, 6.07) is 7.70. The van der Waals surface area contributed by atoms with E-state index in [1.54, 1.807) is 48.8 Å². The Kier molecular flexibility index (Phi) is 6.19. The lowest BCUT2D eigenvalue weighted by atomic mass is 10.2. The first-order valence-corrected chi connectivity index (χ1v) is 8.40. The molecule has 1 aliphatic heterocycles. The lowest BCUT2D eigenvalue weighted by Crippen LogP contribution is -2.50. The van der Waals surface area contributed by atoms with Gasteiger partial charge in [-0.3, -0.25) is 5.43 Å². The first kappa shape index (κ1) is 20.0. The van der Waals surface area contributed by atoms with Crippen molar-refractivity contribution in [3.05, 3.63) is 24.0 Å². The van der Waals surface area contributed by atoms with Gasteiger partial charge in [-0.05, 0) is 32.9 Å². The number of carbonyl (C=O) groups excluding carboxylic acids is 1. The normalized spacial score (nSPS) is 14.0. The van der Waals surface area contributed by atoms with Crippen molar-refractivity contribution in [2.24, 2.45) is 5.10 Å². The minimum absolute atomic E-state index is 0.278. The number of hydrogen-bond acceptors (Lipinski definition) is 7. The number of nitriles is 2. The van der Waals surface area contributed by atoms with Crippen LogP contribution in [0, 0.1) is 28.5 Å². The van der Waals surface area contributed by atoms with E-state index in [-0.39, 0.29) is 11.4 Å². The molecule has 1 aromatic rings. The second kappa shape index (κ2) is 8.37. The number of halogens is 1. The van der Waals surface area contributed by atoms with Crippen LogP contribution in [-0.2, 0) is 4.74 Å². The Morgan fingerprint density at radius 3 is 2.41 bits per heavy atom. The number of benzene rings is 1. The van der Waals surface area contributed by atoms with Crippen LogP contribution in [0.4, 0.5) is 20.6 Å². The van der Waals surface area contributed by atoms with Crippen molar-refractivity contribution in [2.75, 3.05) is 36.5 Å². The predicted octanol–water partition coefficient (Wildman–Crippen LogP) is 2.70. The SMILES string of the molecule is CC(C)(C)OC(=O)N1CCN(c2c(F)cccc2NN=C(C#N)C#N)CC1. The fraction of sp³-hybridized carbons (Fsp3) is 0.444. The number of para-hydroxylation sites is 1. The van der Waals surface area contributed by atoms with E-state index in [2.05, 4.69) is 10.5 Å². The van der Waals surface area contributed by atoms with Crippen LogP contribution in [0.1, 0.15) is 20.8 Å². The van der Waals surface area contributed by atoms with Gasteiger partial charge >= 0.3 is 6.09 Å². The largest absolute Gasteiger partial charge is 0.444 e. The molecule has 0 aromatic heterocycles. The molecule has 0 bridgehead atoms. The van der Waals surface area contributed by atoms with Gasteiger partial charge in [-0.1, -0.05) is 6.07 Å². The third-order valence-electron chi connectivity index (χ3n) is 3.73. The Morgan fingerprint density at radius 1 is 1.22 bits per heavy atom. The molecule has 1 heterocycles. The molecule has 1 aliphatic rings. The van der Waals surface area contributed by atoms with E-state index in [0.717, 1.165) is 0 Å². The molecule has 1 amide bonds. The van der Waals surface area contributed by atoms with E-state index < -0.39 is 17.5 Å². The zero-order chi connectivity index (χ0) is 20.0. The Labute approximate surface area is 157 Å². The van der Waals surface area contributed by atoms with Gasteiger partial charge in [0.05, 0.1) is 11.4 Å². The molecule has 1 aromatic carbocycles. The molecule has 0 unspecified atom stereocenters. The Morgan fingerprint density at radius 2 is 1.85 bits per heavy atom. The summed E-state index contributed by atoms with van der Waals surface area (Å²) in [7, 11) is 0. The van der Waals surface area contributed by atoms with E-state index in [0.29, 0.717) is 31.9 Å². The molecule has 1 fully saturated rings. The maximum atomic E-state index is 14.4. The van der Waals surface area contributed by atoms with Gasteiger partial charge in [0.2, 0.25) is 5.71 Å². The second-order valence-corrected chi connectivity index (χ2v) is 6.89. The second-order valence-electron chi connectivity index (χ2n) is 6.89. The van der Waals surface area contributed by atoms with Gasteiger partial charge in [-0.25, -0.2) is 9.18 Å². The average Bonchev–Trinajstić information content (AvgIpc) is 2.61. The number of hydrogen-bond donors (Lipinski definition) is 1. The Balaban J connectivity index is 2.12. The summed E-state index contributed by atoms with van der Waals surface area (Å²) < 4.78 is 19.8. The highest BCUT2D eigenvalue weighted by Gasteiger charge is 2.27. The molecule has 8 nitrogen and oxygen atoms in total. The van der Waals surface area contributed by atoms with E-state index in [1.165, 1.54) is 12.1 Å². The van der Waals surface area contributed by atoms with Crippen molar-refractivity contribution in [2.45, 2.75) is 26.4 Å². The maximum absolute atomic E-state index is 14.4. The molecule has 0 radical (unpaired) electrons. The summed E-state index contributed by atoms with van der Waals surface area (Å²) in [6.45, 7) is 6.98. The van der Waals surface area contributed by atoms with Crippen LogP contribution in [0.5, 0.6) is 0 Å². The number of hydrazone groups is 1. The summed E-state index contributed by atoms with van der Waals surface area (Å²) in [4.78, 5) is 15.5. The number of ether oxygens (including phenoxy) is 1.